The van der Waals surface area contributed by atoms with E-state index in [4.69, 9.17) is 4.74 Å². The van der Waals surface area contributed by atoms with Crippen LogP contribution in [0.4, 0.5) is 10.1 Å². The zero-order valence-electron chi connectivity index (χ0n) is 19.1. The maximum atomic E-state index is 13.5. The number of anilines is 1. The van der Waals surface area contributed by atoms with E-state index >= 15 is 0 Å². The van der Waals surface area contributed by atoms with Gasteiger partial charge in [-0.3, -0.25) is 9.36 Å². The minimum atomic E-state index is -0.275. The van der Waals surface area contributed by atoms with Crippen molar-refractivity contribution in [2.45, 2.75) is 33.0 Å². The number of ether oxygens (including phenoxy) is 1. The number of fused-ring (bicyclic) bond motifs is 1. The number of halogens is 1. The van der Waals surface area contributed by atoms with Gasteiger partial charge in [0.1, 0.15) is 5.82 Å². The van der Waals surface area contributed by atoms with Crippen molar-refractivity contribution in [1.82, 2.24) is 4.57 Å². The van der Waals surface area contributed by atoms with Crippen molar-refractivity contribution in [2.75, 3.05) is 18.0 Å². The molecule has 5 rings (SSSR count). The lowest BCUT2D eigenvalue weighted by Gasteiger charge is -2.36. The molecule has 1 aliphatic heterocycles. The summed E-state index contributed by atoms with van der Waals surface area (Å²) >= 11 is 0. The van der Waals surface area contributed by atoms with Gasteiger partial charge in [0.05, 0.1) is 12.2 Å². The average molecular weight is 443 g/mol. The highest BCUT2D eigenvalue weighted by molar-refractivity contribution is 5.98. The first-order chi connectivity index (χ1) is 15.9. The molecule has 0 radical (unpaired) electrons. The molecule has 2 atom stereocenters. The fourth-order valence-electron chi connectivity index (χ4n) is 4.88. The SMILES string of the molecule is Cc1cn(-c2ccc(N3CC(C)OC(C)C3)cc2)c(=O)c2cccc(-c3ccc(F)cc3)c12. The number of hydrogen-bond donors (Lipinski definition) is 0. The summed E-state index contributed by atoms with van der Waals surface area (Å²) in [5.41, 5.74) is 4.70. The summed E-state index contributed by atoms with van der Waals surface area (Å²) in [7, 11) is 0. The van der Waals surface area contributed by atoms with Gasteiger partial charge in [-0.25, -0.2) is 4.39 Å². The van der Waals surface area contributed by atoms with Crippen LogP contribution in [0, 0.1) is 12.7 Å². The van der Waals surface area contributed by atoms with Crippen LogP contribution in [-0.2, 0) is 4.74 Å². The third-order valence-corrected chi connectivity index (χ3v) is 6.30. The zero-order chi connectivity index (χ0) is 23.1. The van der Waals surface area contributed by atoms with E-state index in [9.17, 15) is 9.18 Å². The molecule has 4 aromatic rings. The van der Waals surface area contributed by atoms with Crippen LogP contribution in [0.1, 0.15) is 19.4 Å². The lowest BCUT2D eigenvalue weighted by atomic mass is 9.96. The Bertz CT molecular complexity index is 1350. The molecule has 1 aliphatic rings. The van der Waals surface area contributed by atoms with E-state index in [-0.39, 0.29) is 23.6 Å². The van der Waals surface area contributed by atoms with Crippen molar-refractivity contribution in [2.24, 2.45) is 0 Å². The fourth-order valence-corrected chi connectivity index (χ4v) is 4.88. The lowest BCUT2D eigenvalue weighted by molar-refractivity contribution is -0.00521. The minimum Gasteiger partial charge on any atom is -0.372 e. The highest BCUT2D eigenvalue weighted by Crippen LogP contribution is 2.30. The molecule has 0 N–H and O–H groups in total. The Morgan fingerprint density at radius 1 is 0.879 bits per heavy atom. The van der Waals surface area contributed by atoms with Crippen LogP contribution < -0.4 is 10.5 Å². The second-order valence-electron chi connectivity index (χ2n) is 8.90. The van der Waals surface area contributed by atoms with Gasteiger partial charge in [-0.2, -0.15) is 0 Å². The third-order valence-electron chi connectivity index (χ3n) is 6.30. The van der Waals surface area contributed by atoms with Crippen LogP contribution in [0.15, 0.2) is 77.7 Å². The predicted molar refractivity (Wildman–Crippen MR) is 132 cm³/mol. The van der Waals surface area contributed by atoms with Crippen molar-refractivity contribution in [3.8, 4) is 16.8 Å². The van der Waals surface area contributed by atoms with Crippen LogP contribution in [0.2, 0.25) is 0 Å². The van der Waals surface area contributed by atoms with Crippen LogP contribution in [0.3, 0.4) is 0 Å². The van der Waals surface area contributed by atoms with Crippen LogP contribution in [-0.4, -0.2) is 29.9 Å². The number of aryl methyl sites for hydroxylation is 1. The van der Waals surface area contributed by atoms with E-state index in [1.165, 1.54) is 12.1 Å². The Kier molecular flexibility index (Phi) is 5.51. The smallest absolute Gasteiger partial charge is 0.262 e. The highest BCUT2D eigenvalue weighted by atomic mass is 19.1. The van der Waals surface area contributed by atoms with Crippen LogP contribution in [0.25, 0.3) is 27.6 Å². The summed E-state index contributed by atoms with van der Waals surface area (Å²) in [5.74, 6) is -0.275. The number of aromatic nitrogens is 1. The molecule has 5 heteroatoms. The topological polar surface area (TPSA) is 34.5 Å². The molecule has 0 aliphatic carbocycles. The van der Waals surface area contributed by atoms with Gasteiger partial charge in [0.25, 0.3) is 5.56 Å². The largest absolute Gasteiger partial charge is 0.372 e. The molecule has 0 spiro atoms. The Labute approximate surface area is 192 Å². The number of nitrogens with zero attached hydrogens (tertiary/aromatic N) is 2. The normalized spacial score (nSPS) is 18.6. The average Bonchev–Trinajstić information content (AvgIpc) is 2.81. The second-order valence-corrected chi connectivity index (χ2v) is 8.90. The Morgan fingerprint density at radius 3 is 2.18 bits per heavy atom. The molecule has 0 saturated carbocycles. The highest BCUT2D eigenvalue weighted by Gasteiger charge is 2.22. The van der Waals surface area contributed by atoms with Gasteiger partial charge in [0, 0.05) is 36.0 Å². The van der Waals surface area contributed by atoms with Crippen LogP contribution >= 0.6 is 0 Å². The summed E-state index contributed by atoms with van der Waals surface area (Å²) in [6.45, 7) is 7.90. The number of benzene rings is 3. The Balaban J connectivity index is 1.55. The van der Waals surface area contributed by atoms with E-state index in [2.05, 4.69) is 30.9 Å². The standard InChI is InChI=1S/C28H27FN2O2/c1-18-15-31(24-13-11-23(12-14-24)30-16-19(2)33-20(3)17-30)28(32)26-6-4-5-25(27(18)26)21-7-9-22(29)10-8-21/h4-15,19-20H,16-17H2,1-3H3. The maximum Gasteiger partial charge on any atom is 0.262 e. The van der Waals surface area contributed by atoms with E-state index in [0.717, 1.165) is 46.5 Å². The first kappa shape index (κ1) is 21.4. The predicted octanol–water partition coefficient (Wildman–Crippen LogP) is 5.72. The quantitative estimate of drug-likeness (QED) is 0.407. The van der Waals surface area contributed by atoms with Gasteiger partial charge in [-0.05, 0) is 85.3 Å². The number of pyridine rings is 1. The van der Waals surface area contributed by atoms with E-state index < -0.39 is 0 Å². The van der Waals surface area contributed by atoms with Gasteiger partial charge in [-0.1, -0.05) is 24.3 Å². The molecule has 33 heavy (non-hydrogen) atoms. The molecular weight excluding hydrogens is 415 g/mol. The summed E-state index contributed by atoms with van der Waals surface area (Å²) < 4.78 is 21.0. The maximum absolute atomic E-state index is 13.5. The van der Waals surface area contributed by atoms with Crippen molar-refractivity contribution in [1.29, 1.82) is 0 Å². The molecule has 4 nitrogen and oxygen atoms in total. The Morgan fingerprint density at radius 2 is 1.52 bits per heavy atom. The van der Waals surface area contributed by atoms with Gasteiger partial charge < -0.3 is 9.64 Å². The van der Waals surface area contributed by atoms with Crippen molar-refractivity contribution < 1.29 is 9.13 Å². The van der Waals surface area contributed by atoms with Gasteiger partial charge in [-0.15, -0.1) is 0 Å². The first-order valence-electron chi connectivity index (χ1n) is 11.3. The summed E-state index contributed by atoms with van der Waals surface area (Å²) in [5, 5.41) is 1.55. The molecule has 2 unspecified atom stereocenters. The van der Waals surface area contributed by atoms with Gasteiger partial charge >= 0.3 is 0 Å². The first-order valence-corrected chi connectivity index (χ1v) is 11.3. The molecule has 1 saturated heterocycles. The van der Waals surface area contributed by atoms with Crippen LogP contribution in [0.5, 0.6) is 0 Å². The van der Waals surface area contributed by atoms with Gasteiger partial charge in [0.2, 0.25) is 0 Å². The zero-order valence-corrected chi connectivity index (χ0v) is 19.1. The van der Waals surface area contributed by atoms with Crippen molar-refractivity contribution in [3.63, 3.8) is 0 Å². The van der Waals surface area contributed by atoms with Crippen molar-refractivity contribution >= 4 is 16.5 Å². The number of rotatable bonds is 3. The third kappa shape index (κ3) is 4.05. The van der Waals surface area contributed by atoms with E-state index in [0.29, 0.717) is 5.39 Å². The minimum absolute atomic E-state index is 0.0686. The van der Waals surface area contributed by atoms with Crippen molar-refractivity contribution in [3.05, 3.63) is 94.7 Å². The number of morpholine rings is 1. The second kappa shape index (κ2) is 8.49. The lowest BCUT2D eigenvalue weighted by Crippen LogP contribution is -2.45. The fraction of sp³-hybridized carbons (Fsp3) is 0.250. The molecule has 3 aromatic carbocycles. The number of hydrogen-bond acceptors (Lipinski definition) is 3. The van der Waals surface area contributed by atoms with E-state index in [1.807, 2.05) is 43.5 Å². The molecular formula is C28H27FN2O2. The molecule has 1 aromatic heterocycles. The van der Waals surface area contributed by atoms with E-state index in [1.54, 1.807) is 16.7 Å². The molecule has 168 valence electrons. The molecule has 2 heterocycles. The monoisotopic (exact) mass is 442 g/mol. The molecule has 1 fully saturated rings. The molecule has 0 bridgehead atoms. The molecule has 0 amide bonds. The summed E-state index contributed by atoms with van der Waals surface area (Å²) in [6.07, 6.45) is 2.27. The van der Waals surface area contributed by atoms with Gasteiger partial charge in [0.15, 0.2) is 0 Å². The summed E-state index contributed by atoms with van der Waals surface area (Å²) in [6, 6.07) is 20.3. The summed E-state index contributed by atoms with van der Waals surface area (Å²) in [4.78, 5) is 15.8. The Hall–Kier alpha value is -3.44.